The van der Waals surface area contributed by atoms with Gasteiger partial charge in [0.1, 0.15) is 0 Å². The fourth-order valence-electron chi connectivity index (χ4n) is 1.69. The standard InChI is InChI=1S/C12H11F3O2/c1-8-6-7-11(16,17-8)9-2-4-10(5-3-9)12(13,14)15/h2-8,16H,1H3/t8-,11+/m1/s1. The predicted molar refractivity (Wildman–Crippen MR) is 55.0 cm³/mol. The van der Waals surface area contributed by atoms with Crippen molar-refractivity contribution in [3.8, 4) is 0 Å². The monoisotopic (exact) mass is 244 g/mol. The highest BCUT2D eigenvalue weighted by Gasteiger charge is 2.35. The number of benzene rings is 1. The third kappa shape index (κ3) is 2.35. The van der Waals surface area contributed by atoms with Crippen LogP contribution in [0, 0.1) is 0 Å². The van der Waals surface area contributed by atoms with Crippen molar-refractivity contribution in [2.24, 2.45) is 0 Å². The minimum Gasteiger partial charge on any atom is -0.359 e. The summed E-state index contributed by atoms with van der Waals surface area (Å²) >= 11 is 0. The molecular formula is C12H11F3O2. The second-order valence-corrected chi connectivity index (χ2v) is 3.95. The van der Waals surface area contributed by atoms with Crippen LogP contribution in [0.3, 0.4) is 0 Å². The van der Waals surface area contributed by atoms with E-state index in [0.29, 0.717) is 0 Å². The Morgan fingerprint density at radius 1 is 1.24 bits per heavy atom. The molecule has 1 aromatic carbocycles. The lowest BCUT2D eigenvalue weighted by atomic mass is 10.0. The quantitative estimate of drug-likeness (QED) is 0.770. The zero-order valence-electron chi connectivity index (χ0n) is 9.03. The first-order chi connectivity index (χ1) is 7.81. The summed E-state index contributed by atoms with van der Waals surface area (Å²) in [5.74, 6) is -1.62. The Kier molecular flexibility index (Phi) is 2.75. The van der Waals surface area contributed by atoms with Crippen LogP contribution < -0.4 is 0 Å². The lowest BCUT2D eigenvalue weighted by Gasteiger charge is -2.22. The van der Waals surface area contributed by atoms with Crippen LogP contribution in [0.1, 0.15) is 18.1 Å². The van der Waals surface area contributed by atoms with E-state index in [0.717, 1.165) is 12.1 Å². The number of rotatable bonds is 1. The molecule has 0 unspecified atom stereocenters. The molecule has 1 aliphatic rings. The second-order valence-electron chi connectivity index (χ2n) is 3.95. The zero-order valence-corrected chi connectivity index (χ0v) is 9.03. The molecule has 2 rings (SSSR count). The molecule has 5 heteroatoms. The molecule has 2 atom stereocenters. The van der Waals surface area contributed by atoms with Gasteiger partial charge in [-0.15, -0.1) is 0 Å². The molecule has 0 spiro atoms. The molecule has 0 saturated carbocycles. The maximum Gasteiger partial charge on any atom is 0.416 e. The zero-order chi connectivity index (χ0) is 12.7. The van der Waals surface area contributed by atoms with Crippen LogP contribution in [-0.2, 0) is 16.7 Å². The Morgan fingerprint density at radius 2 is 1.82 bits per heavy atom. The number of alkyl halides is 3. The van der Waals surface area contributed by atoms with E-state index in [1.165, 1.54) is 18.2 Å². The van der Waals surface area contributed by atoms with Crippen LogP contribution in [0.25, 0.3) is 0 Å². The maximum atomic E-state index is 12.3. The Hall–Kier alpha value is -1.33. The van der Waals surface area contributed by atoms with Gasteiger partial charge in [0, 0.05) is 5.56 Å². The van der Waals surface area contributed by atoms with Crippen molar-refractivity contribution in [2.75, 3.05) is 0 Å². The van der Waals surface area contributed by atoms with Crippen LogP contribution >= 0.6 is 0 Å². The number of hydrogen-bond acceptors (Lipinski definition) is 2. The maximum absolute atomic E-state index is 12.3. The highest BCUT2D eigenvalue weighted by Crippen LogP contribution is 2.34. The van der Waals surface area contributed by atoms with Crippen LogP contribution in [-0.4, -0.2) is 11.2 Å². The van der Waals surface area contributed by atoms with Gasteiger partial charge in [0.2, 0.25) is 5.79 Å². The van der Waals surface area contributed by atoms with Crippen LogP contribution in [0.4, 0.5) is 13.2 Å². The van der Waals surface area contributed by atoms with Crippen molar-refractivity contribution < 1.29 is 23.0 Å². The molecule has 0 bridgehead atoms. The van der Waals surface area contributed by atoms with Gasteiger partial charge in [-0.2, -0.15) is 13.2 Å². The van der Waals surface area contributed by atoms with E-state index in [1.54, 1.807) is 13.0 Å². The molecule has 0 amide bonds. The Labute approximate surface area is 96.3 Å². The first kappa shape index (κ1) is 12.1. The largest absolute Gasteiger partial charge is 0.416 e. The predicted octanol–water partition coefficient (Wildman–Crippen LogP) is 2.83. The summed E-state index contributed by atoms with van der Waals surface area (Å²) in [4.78, 5) is 0. The van der Waals surface area contributed by atoms with E-state index in [2.05, 4.69) is 0 Å². The number of aliphatic hydroxyl groups is 1. The molecule has 1 aliphatic heterocycles. The number of ether oxygens (including phenoxy) is 1. The third-order valence-corrected chi connectivity index (χ3v) is 2.58. The minimum atomic E-state index is -4.37. The van der Waals surface area contributed by atoms with E-state index >= 15 is 0 Å². The summed E-state index contributed by atoms with van der Waals surface area (Å²) in [5, 5.41) is 10.0. The van der Waals surface area contributed by atoms with Crippen LogP contribution in [0.5, 0.6) is 0 Å². The summed E-state index contributed by atoms with van der Waals surface area (Å²) in [6.45, 7) is 1.73. The minimum absolute atomic E-state index is 0.262. The molecule has 0 fully saturated rings. The highest BCUT2D eigenvalue weighted by molar-refractivity contribution is 5.31. The molecule has 17 heavy (non-hydrogen) atoms. The van der Waals surface area contributed by atoms with Gasteiger partial charge in [-0.25, -0.2) is 0 Å². The van der Waals surface area contributed by atoms with Crippen molar-refractivity contribution in [2.45, 2.75) is 25.0 Å². The van der Waals surface area contributed by atoms with Crippen molar-refractivity contribution in [1.29, 1.82) is 0 Å². The third-order valence-electron chi connectivity index (χ3n) is 2.58. The normalized spacial score (nSPS) is 28.6. The average Bonchev–Trinajstić information content (AvgIpc) is 2.59. The summed E-state index contributed by atoms with van der Waals surface area (Å²) in [6, 6.07) is 4.28. The van der Waals surface area contributed by atoms with Crippen molar-refractivity contribution in [3.63, 3.8) is 0 Å². The Balaban J connectivity index is 2.28. The van der Waals surface area contributed by atoms with Gasteiger partial charge in [-0.05, 0) is 25.1 Å². The fraction of sp³-hybridized carbons (Fsp3) is 0.333. The first-order valence-electron chi connectivity index (χ1n) is 5.08. The molecule has 0 aliphatic carbocycles. The van der Waals surface area contributed by atoms with Gasteiger partial charge < -0.3 is 9.84 Å². The van der Waals surface area contributed by atoms with E-state index in [4.69, 9.17) is 4.74 Å². The molecule has 1 heterocycles. The molecule has 2 nitrogen and oxygen atoms in total. The molecule has 1 N–H and O–H groups in total. The highest BCUT2D eigenvalue weighted by atomic mass is 19.4. The topological polar surface area (TPSA) is 29.5 Å². The molecule has 0 saturated heterocycles. The van der Waals surface area contributed by atoms with E-state index in [9.17, 15) is 18.3 Å². The van der Waals surface area contributed by atoms with E-state index in [-0.39, 0.29) is 11.7 Å². The van der Waals surface area contributed by atoms with Crippen molar-refractivity contribution in [1.82, 2.24) is 0 Å². The lowest BCUT2D eigenvalue weighted by Crippen LogP contribution is -2.25. The van der Waals surface area contributed by atoms with E-state index < -0.39 is 17.5 Å². The Morgan fingerprint density at radius 3 is 2.24 bits per heavy atom. The Bertz CT molecular complexity index is 436. The molecule has 0 aromatic heterocycles. The summed E-state index contributed by atoms with van der Waals surface area (Å²) < 4.78 is 42.3. The van der Waals surface area contributed by atoms with Crippen molar-refractivity contribution in [3.05, 3.63) is 47.5 Å². The lowest BCUT2D eigenvalue weighted by molar-refractivity contribution is -0.175. The first-order valence-corrected chi connectivity index (χ1v) is 5.08. The summed E-state index contributed by atoms with van der Waals surface area (Å²) in [6.07, 6.45) is -1.55. The van der Waals surface area contributed by atoms with Gasteiger partial charge >= 0.3 is 6.18 Å². The SMILES string of the molecule is C[C@@H]1C=C[C@@](O)(c2ccc(C(F)(F)F)cc2)O1. The summed E-state index contributed by atoms with van der Waals surface area (Å²) in [5.41, 5.74) is -0.467. The molecule has 0 radical (unpaired) electrons. The molecule has 92 valence electrons. The van der Waals surface area contributed by atoms with Gasteiger partial charge in [-0.3, -0.25) is 0 Å². The fourth-order valence-corrected chi connectivity index (χ4v) is 1.69. The molecule has 1 aromatic rings. The second kappa shape index (κ2) is 3.85. The van der Waals surface area contributed by atoms with Crippen LogP contribution in [0.15, 0.2) is 36.4 Å². The average molecular weight is 244 g/mol. The molecular weight excluding hydrogens is 233 g/mol. The van der Waals surface area contributed by atoms with Crippen molar-refractivity contribution >= 4 is 0 Å². The summed E-state index contributed by atoms with van der Waals surface area (Å²) in [7, 11) is 0. The number of hydrogen-bond donors (Lipinski definition) is 1. The van der Waals surface area contributed by atoms with Gasteiger partial charge in [0.05, 0.1) is 11.7 Å². The van der Waals surface area contributed by atoms with Gasteiger partial charge in [0.15, 0.2) is 0 Å². The van der Waals surface area contributed by atoms with E-state index in [1.807, 2.05) is 0 Å². The van der Waals surface area contributed by atoms with Gasteiger partial charge in [-0.1, -0.05) is 18.2 Å². The van der Waals surface area contributed by atoms with Crippen LogP contribution in [0.2, 0.25) is 0 Å². The van der Waals surface area contributed by atoms with Gasteiger partial charge in [0.25, 0.3) is 0 Å². The smallest absolute Gasteiger partial charge is 0.359 e. The number of halogens is 3.